The van der Waals surface area contributed by atoms with Crippen molar-refractivity contribution < 1.29 is 24.5 Å². The minimum absolute atomic E-state index is 0.00804. The highest BCUT2D eigenvalue weighted by Gasteiger charge is 2.65. The number of fused-ring (bicyclic) bond motifs is 5. The monoisotopic (exact) mass is 974 g/mol. The predicted octanol–water partition coefficient (Wildman–Crippen LogP) is 7.79. The lowest BCUT2D eigenvalue weighted by Gasteiger charge is -2.43. The van der Waals surface area contributed by atoms with Crippen LogP contribution in [0.1, 0.15) is 11.1 Å². The van der Waals surface area contributed by atoms with Crippen LogP contribution in [-0.4, -0.2) is 24.4 Å². The van der Waals surface area contributed by atoms with E-state index in [9.17, 15) is 15.0 Å². The number of esters is 1. The maximum absolute atomic E-state index is 13.3. The molecule has 0 amide bonds. The summed E-state index contributed by atoms with van der Waals surface area (Å²) in [6, 6.07) is 4.75. The minimum Gasteiger partial charge on any atom is -0.507 e. The molecule has 3 unspecified atom stereocenters. The van der Waals surface area contributed by atoms with Gasteiger partial charge in [-0.2, -0.15) is 0 Å². The highest BCUT2D eigenvalue weighted by atomic mass is 127. The standard InChI is InChI=1S/C20H6Cl4I4O5/c21-9-8-16(20(24,28)17(23)10(9)22)19(33-18(8)31)4-1-2-7(29)11(26)14(4)32-15-5(19)3-6(25)13(30)12(15)27/h1-3,17,29-30H. The molecule has 2 N–H and O–H groups in total. The molecule has 2 aromatic carbocycles. The van der Waals surface area contributed by atoms with Gasteiger partial charge < -0.3 is 19.7 Å². The SMILES string of the molecule is O=C1OC2(C3=C1C(Cl)=C(Cl)C(Cl)C3(Cl)I)c1ccc(O)c(I)c1Oc1c2cc(I)c(O)c1I. The lowest BCUT2D eigenvalue weighted by Crippen LogP contribution is -2.44. The highest BCUT2D eigenvalue weighted by molar-refractivity contribution is 14.1. The Labute approximate surface area is 261 Å². The van der Waals surface area contributed by atoms with Crippen molar-refractivity contribution >= 4 is 143 Å². The van der Waals surface area contributed by atoms with E-state index in [1.807, 2.05) is 90.4 Å². The molecule has 0 bridgehead atoms. The smallest absolute Gasteiger partial charge is 0.341 e. The van der Waals surface area contributed by atoms with Crippen molar-refractivity contribution in [3.05, 3.63) is 61.2 Å². The number of phenolic OH excluding ortho intramolecular Hbond substituents is 2. The van der Waals surface area contributed by atoms with Crippen LogP contribution in [0.3, 0.4) is 0 Å². The molecular formula is C20H6Cl4I4O5. The van der Waals surface area contributed by atoms with Crippen LogP contribution in [0.4, 0.5) is 0 Å². The first-order valence-electron chi connectivity index (χ1n) is 8.82. The number of hydrogen-bond acceptors (Lipinski definition) is 5. The molecular weight excluding hydrogens is 970 g/mol. The van der Waals surface area contributed by atoms with Gasteiger partial charge in [0.1, 0.15) is 19.8 Å². The fourth-order valence-electron chi connectivity index (χ4n) is 4.14. The molecule has 2 heterocycles. The summed E-state index contributed by atoms with van der Waals surface area (Å²) in [6.45, 7) is 0. The molecule has 1 aliphatic carbocycles. The van der Waals surface area contributed by atoms with Gasteiger partial charge in [-0.3, -0.25) is 0 Å². The van der Waals surface area contributed by atoms with Crippen LogP contribution in [0.25, 0.3) is 0 Å². The number of halogens is 8. The minimum atomic E-state index is -1.59. The Bertz CT molecular complexity index is 1370. The van der Waals surface area contributed by atoms with Crippen LogP contribution in [-0.2, 0) is 15.1 Å². The number of allylic oxidation sites excluding steroid dienone is 1. The first-order valence-corrected chi connectivity index (χ1v) is 14.7. The number of phenols is 2. The normalized spacial score (nSPS) is 27.9. The molecule has 2 aliphatic heterocycles. The van der Waals surface area contributed by atoms with Crippen LogP contribution in [0.5, 0.6) is 23.0 Å². The summed E-state index contributed by atoms with van der Waals surface area (Å²) in [5.74, 6) is -0.220. The average Bonchev–Trinajstić information content (AvgIpc) is 3.07. The maximum atomic E-state index is 13.3. The largest absolute Gasteiger partial charge is 0.507 e. The van der Waals surface area contributed by atoms with E-state index in [0.717, 1.165) is 0 Å². The zero-order valence-electron chi connectivity index (χ0n) is 15.5. The summed E-state index contributed by atoms with van der Waals surface area (Å²) in [6.07, 6.45) is 0. The summed E-state index contributed by atoms with van der Waals surface area (Å²) in [7, 11) is 0. The van der Waals surface area contributed by atoms with E-state index in [0.29, 0.717) is 27.4 Å². The Morgan fingerprint density at radius 2 is 1.67 bits per heavy atom. The quantitative estimate of drug-likeness (QED) is 0.160. The van der Waals surface area contributed by atoms with E-state index in [1.165, 1.54) is 6.07 Å². The molecule has 5 nitrogen and oxygen atoms in total. The fourth-order valence-corrected chi connectivity index (χ4v) is 8.86. The van der Waals surface area contributed by atoms with Gasteiger partial charge in [-0.05, 0) is 86.0 Å². The molecule has 33 heavy (non-hydrogen) atoms. The van der Waals surface area contributed by atoms with Gasteiger partial charge in [0.2, 0.25) is 0 Å². The van der Waals surface area contributed by atoms with Gasteiger partial charge in [-0.1, -0.05) is 45.8 Å². The first-order chi connectivity index (χ1) is 15.4. The van der Waals surface area contributed by atoms with Crippen LogP contribution < -0.4 is 4.74 Å². The molecule has 2 aromatic rings. The first kappa shape index (κ1) is 25.5. The summed E-state index contributed by atoms with van der Waals surface area (Å²) in [4.78, 5) is 13.3. The Hall–Kier alpha value is 0.870. The zero-order chi connectivity index (χ0) is 24.2. The number of benzene rings is 2. The molecule has 0 saturated heterocycles. The van der Waals surface area contributed by atoms with Gasteiger partial charge in [0.05, 0.1) is 26.3 Å². The van der Waals surface area contributed by atoms with Crippen molar-refractivity contribution in [3.8, 4) is 23.0 Å². The number of hydrogen-bond donors (Lipinski definition) is 2. The van der Waals surface area contributed by atoms with Crippen molar-refractivity contribution in [2.75, 3.05) is 0 Å². The number of ether oxygens (including phenoxy) is 2. The van der Waals surface area contributed by atoms with Gasteiger partial charge in [-0.15, -0.1) is 23.2 Å². The third kappa shape index (κ3) is 3.34. The number of alkyl halides is 3. The van der Waals surface area contributed by atoms with Crippen LogP contribution in [0.2, 0.25) is 0 Å². The van der Waals surface area contributed by atoms with Gasteiger partial charge in [-0.25, -0.2) is 4.79 Å². The van der Waals surface area contributed by atoms with Crippen molar-refractivity contribution in [1.29, 1.82) is 0 Å². The second-order valence-electron chi connectivity index (χ2n) is 7.24. The molecule has 172 valence electrons. The molecule has 0 saturated carbocycles. The second kappa shape index (κ2) is 8.45. The Balaban J connectivity index is 2.01. The van der Waals surface area contributed by atoms with Gasteiger partial charge in [0.15, 0.2) is 17.1 Å². The summed E-state index contributed by atoms with van der Waals surface area (Å²) in [5.41, 5.74) is -0.385. The molecule has 3 atom stereocenters. The molecule has 5 rings (SSSR count). The third-order valence-electron chi connectivity index (χ3n) is 5.54. The zero-order valence-corrected chi connectivity index (χ0v) is 27.1. The second-order valence-corrected chi connectivity index (χ2v) is 14.7. The van der Waals surface area contributed by atoms with E-state index >= 15 is 0 Å². The molecule has 0 fully saturated rings. The van der Waals surface area contributed by atoms with Crippen LogP contribution >= 0.6 is 137 Å². The number of aromatic hydroxyl groups is 2. The Morgan fingerprint density at radius 1 is 1.03 bits per heavy atom. The van der Waals surface area contributed by atoms with E-state index in [-0.39, 0.29) is 38.6 Å². The molecule has 1 spiro atoms. The number of rotatable bonds is 0. The summed E-state index contributed by atoms with van der Waals surface area (Å²) in [5, 5.41) is 20.0. The molecule has 13 heteroatoms. The maximum Gasteiger partial charge on any atom is 0.341 e. The molecule has 0 aromatic heterocycles. The summed E-state index contributed by atoms with van der Waals surface area (Å²) >= 11 is 34.4. The molecule has 3 aliphatic rings. The van der Waals surface area contributed by atoms with E-state index < -0.39 is 19.8 Å². The van der Waals surface area contributed by atoms with E-state index in [1.54, 1.807) is 12.1 Å². The van der Waals surface area contributed by atoms with Crippen molar-refractivity contribution in [2.45, 2.75) is 13.9 Å². The lowest BCUT2D eigenvalue weighted by molar-refractivity contribution is -0.145. The van der Waals surface area contributed by atoms with E-state index in [2.05, 4.69) is 0 Å². The van der Waals surface area contributed by atoms with Crippen molar-refractivity contribution in [2.24, 2.45) is 0 Å². The molecule has 0 radical (unpaired) electrons. The summed E-state index contributed by atoms with van der Waals surface area (Å²) < 4.78 is 12.2. The van der Waals surface area contributed by atoms with Crippen molar-refractivity contribution in [1.82, 2.24) is 0 Å². The Kier molecular flexibility index (Phi) is 6.53. The van der Waals surface area contributed by atoms with E-state index in [4.69, 9.17) is 55.9 Å². The van der Waals surface area contributed by atoms with Gasteiger partial charge >= 0.3 is 5.97 Å². The van der Waals surface area contributed by atoms with Gasteiger partial charge in [0.25, 0.3) is 0 Å². The van der Waals surface area contributed by atoms with Crippen LogP contribution in [0, 0.1) is 10.7 Å². The average molecular weight is 976 g/mol. The van der Waals surface area contributed by atoms with Crippen molar-refractivity contribution in [3.63, 3.8) is 0 Å². The topological polar surface area (TPSA) is 76.0 Å². The van der Waals surface area contributed by atoms with Crippen LogP contribution in [0.15, 0.2) is 39.4 Å². The lowest BCUT2D eigenvalue weighted by atomic mass is 9.74. The fraction of sp³-hybridized carbons (Fsp3) is 0.150. The highest BCUT2D eigenvalue weighted by Crippen LogP contribution is 2.67. The Morgan fingerprint density at radius 3 is 2.33 bits per heavy atom. The van der Waals surface area contributed by atoms with Gasteiger partial charge in [0, 0.05) is 16.7 Å². The predicted molar refractivity (Wildman–Crippen MR) is 159 cm³/mol. The third-order valence-corrected chi connectivity index (χ3v) is 12.0. The number of carbonyl (C=O) groups excluding carboxylic acids is 1. The number of carbonyl (C=O) groups is 1.